The summed E-state index contributed by atoms with van der Waals surface area (Å²) >= 11 is 0. The Bertz CT molecular complexity index is 1370. The van der Waals surface area contributed by atoms with Crippen molar-refractivity contribution in [1.82, 2.24) is 21.3 Å². The lowest BCUT2D eigenvalue weighted by atomic mass is 10.0. The van der Waals surface area contributed by atoms with Crippen molar-refractivity contribution in [2.75, 3.05) is 20.2 Å². The number of aliphatic carboxylic acids is 1. The number of carboxylic acids is 1. The van der Waals surface area contributed by atoms with Gasteiger partial charge in [-0.25, -0.2) is 4.79 Å². The first-order valence-corrected chi connectivity index (χ1v) is 14.4. The van der Waals surface area contributed by atoms with Crippen LogP contribution in [-0.4, -0.2) is 61.3 Å². The van der Waals surface area contributed by atoms with Gasteiger partial charge in [-0.2, -0.15) is 0 Å². The summed E-state index contributed by atoms with van der Waals surface area (Å²) in [4.78, 5) is 50.7. The molecule has 3 rings (SSSR count). The topological polar surface area (TPSA) is 155 Å². The van der Waals surface area contributed by atoms with Crippen molar-refractivity contribution in [3.8, 4) is 5.75 Å². The van der Waals surface area contributed by atoms with Crippen molar-refractivity contribution >= 4 is 23.9 Å². The second kappa shape index (κ2) is 17.9. The summed E-state index contributed by atoms with van der Waals surface area (Å²) in [6.07, 6.45) is -0.929. The van der Waals surface area contributed by atoms with Crippen molar-refractivity contribution in [3.05, 3.63) is 101 Å². The number of likely N-dealkylation sites (N-methyl/N-ethyl adjacent to an activating group) is 1. The van der Waals surface area contributed by atoms with Gasteiger partial charge in [0.2, 0.25) is 11.8 Å². The van der Waals surface area contributed by atoms with E-state index < -0.39 is 42.4 Å². The summed E-state index contributed by atoms with van der Waals surface area (Å²) in [6, 6.07) is 21.6. The molecule has 0 aromatic heterocycles. The summed E-state index contributed by atoms with van der Waals surface area (Å²) in [6.45, 7) is 3.23. The third-order valence-electron chi connectivity index (χ3n) is 6.79. The maximum Gasteiger partial charge on any atom is 0.408 e. The number of carbonyl (C=O) groups excluding carboxylic acids is 3. The zero-order chi connectivity index (χ0) is 31.7. The van der Waals surface area contributed by atoms with Crippen LogP contribution in [0.5, 0.6) is 5.75 Å². The predicted octanol–water partition coefficient (Wildman–Crippen LogP) is 3.10. The average molecular weight is 605 g/mol. The highest BCUT2D eigenvalue weighted by molar-refractivity contribution is 5.93. The largest absolute Gasteiger partial charge is 0.492 e. The van der Waals surface area contributed by atoms with Crippen LogP contribution < -0.4 is 26.0 Å². The SMILES string of the molecule is CNCCOc1ccc(C)c(CNC(=O)[C@H](CCc2ccccc2)NC(=O)[C@H](CC(=O)O)NC(=O)OCc2ccccc2)c1. The van der Waals surface area contributed by atoms with E-state index in [1.54, 1.807) is 24.3 Å². The second-order valence-electron chi connectivity index (χ2n) is 10.2. The van der Waals surface area contributed by atoms with Gasteiger partial charge in [0.1, 0.15) is 31.0 Å². The van der Waals surface area contributed by atoms with Gasteiger partial charge < -0.3 is 35.8 Å². The quantitative estimate of drug-likeness (QED) is 0.147. The van der Waals surface area contributed by atoms with Gasteiger partial charge in [0, 0.05) is 13.1 Å². The normalized spacial score (nSPS) is 12.0. The predicted molar refractivity (Wildman–Crippen MR) is 165 cm³/mol. The minimum absolute atomic E-state index is 0.0582. The lowest BCUT2D eigenvalue weighted by Gasteiger charge is -2.23. The van der Waals surface area contributed by atoms with Crippen LogP contribution in [-0.2, 0) is 38.7 Å². The molecular weight excluding hydrogens is 564 g/mol. The van der Waals surface area contributed by atoms with E-state index in [4.69, 9.17) is 9.47 Å². The van der Waals surface area contributed by atoms with Gasteiger partial charge >= 0.3 is 12.1 Å². The average Bonchev–Trinajstić information content (AvgIpc) is 3.02. The zero-order valence-electron chi connectivity index (χ0n) is 25.0. The van der Waals surface area contributed by atoms with Gasteiger partial charge in [0.05, 0.1) is 6.42 Å². The maximum atomic E-state index is 13.4. The number of ether oxygens (including phenoxy) is 2. The maximum absolute atomic E-state index is 13.4. The van der Waals surface area contributed by atoms with Gasteiger partial charge in [-0.3, -0.25) is 14.4 Å². The Balaban J connectivity index is 1.68. The summed E-state index contributed by atoms with van der Waals surface area (Å²) < 4.78 is 10.9. The highest BCUT2D eigenvalue weighted by Gasteiger charge is 2.29. The molecule has 0 unspecified atom stereocenters. The number of benzene rings is 3. The Kier molecular flexibility index (Phi) is 13.7. The van der Waals surface area contributed by atoms with Gasteiger partial charge in [-0.05, 0) is 61.2 Å². The summed E-state index contributed by atoms with van der Waals surface area (Å²) in [5, 5.41) is 20.3. The first kappa shape index (κ1) is 33.6. The summed E-state index contributed by atoms with van der Waals surface area (Å²) in [7, 11) is 1.84. The van der Waals surface area contributed by atoms with E-state index in [2.05, 4.69) is 21.3 Å². The molecule has 0 heterocycles. The van der Waals surface area contributed by atoms with Crippen LogP contribution in [0.3, 0.4) is 0 Å². The number of nitrogens with one attached hydrogen (secondary N) is 4. The van der Waals surface area contributed by atoms with Gasteiger partial charge in [0.15, 0.2) is 0 Å². The number of hydrogen-bond donors (Lipinski definition) is 5. The Morgan fingerprint density at radius 3 is 2.18 bits per heavy atom. The van der Waals surface area contributed by atoms with Crippen LogP contribution in [0.25, 0.3) is 0 Å². The fraction of sp³-hybridized carbons (Fsp3) is 0.333. The van der Waals surface area contributed by atoms with Crippen molar-refractivity contribution in [2.45, 2.75) is 51.4 Å². The molecule has 0 bridgehead atoms. The van der Waals surface area contributed by atoms with Crippen LogP contribution in [0.1, 0.15) is 35.1 Å². The summed E-state index contributed by atoms with van der Waals surface area (Å²) in [5.74, 6) is -1.89. The fourth-order valence-corrected chi connectivity index (χ4v) is 4.29. The molecule has 0 saturated carbocycles. The van der Waals surface area contributed by atoms with E-state index in [0.717, 1.165) is 22.3 Å². The van der Waals surface area contributed by atoms with Crippen LogP contribution >= 0.6 is 0 Å². The second-order valence-corrected chi connectivity index (χ2v) is 10.2. The number of carbonyl (C=O) groups is 4. The highest BCUT2D eigenvalue weighted by Crippen LogP contribution is 2.17. The number of alkyl carbamates (subject to hydrolysis) is 1. The third kappa shape index (κ3) is 11.8. The lowest BCUT2D eigenvalue weighted by molar-refractivity contribution is -0.140. The minimum atomic E-state index is -1.46. The van der Waals surface area contributed by atoms with Crippen molar-refractivity contribution in [3.63, 3.8) is 0 Å². The molecule has 44 heavy (non-hydrogen) atoms. The van der Waals surface area contributed by atoms with E-state index in [-0.39, 0.29) is 19.6 Å². The van der Waals surface area contributed by atoms with Crippen molar-refractivity contribution < 1.29 is 33.8 Å². The first-order chi connectivity index (χ1) is 21.2. The molecule has 3 aromatic carbocycles. The van der Waals surface area contributed by atoms with Crippen molar-refractivity contribution in [1.29, 1.82) is 0 Å². The van der Waals surface area contributed by atoms with E-state index >= 15 is 0 Å². The standard InChI is InChI=1S/C33H40N4O7/c1-23-13-15-27(43-18-17-34-2)19-26(23)21-35-31(40)28(16-14-24-9-5-3-6-10-24)36-32(41)29(20-30(38)39)37-33(42)44-22-25-11-7-4-8-12-25/h3-13,15,19,28-29,34H,14,16-18,20-22H2,1-2H3,(H,35,40)(H,36,41)(H,37,42)(H,38,39)/t28-,29-/m0/s1. The Labute approximate surface area is 257 Å². The van der Waals surface area contributed by atoms with Gasteiger partial charge in [-0.15, -0.1) is 0 Å². The monoisotopic (exact) mass is 604 g/mol. The molecule has 0 aliphatic carbocycles. The van der Waals surface area contributed by atoms with E-state index in [0.29, 0.717) is 25.3 Å². The number of carboxylic acid groups (broad SMARTS) is 1. The number of rotatable bonds is 17. The van der Waals surface area contributed by atoms with E-state index in [9.17, 15) is 24.3 Å². The molecule has 0 spiro atoms. The highest BCUT2D eigenvalue weighted by atomic mass is 16.5. The molecule has 0 fully saturated rings. The Morgan fingerprint density at radius 1 is 0.841 bits per heavy atom. The smallest absolute Gasteiger partial charge is 0.408 e. The molecule has 234 valence electrons. The lowest BCUT2D eigenvalue weighted by Crippen LogP contribution is -2.54. The minimum Gasteiger partial charge on any atom is -0.492 e. The third-order valence-corrected chi connectivity index (χ3v) is 6.79. The van der Waals surface area contributed by atoms with E-state index in [1.165, 1.54) is 0 Å². The Morgan fingerprint density at radius 2 is 1.52 bits per heavy atom. The van der Waals surface area contributed by atoms with E-state index in [1.807, 2.05) is 68.6 Å². The first-order valence-electron chi connectivity index (χ1n) is 14.4. The number of aryl methyl sites for hydroxylation is 2. The van der Waals surface area contributed by atoms with Gasteiger partial charge in [-0.1, -0.05) is 66.7 Å². The number of amides is 3. The molecule has 0 radical (unpaired) electrons. The fourth-order valence-electron chi connectivity index (χ4n) is 4.29. The molecule has 0 aliphatic heterocycles. The molecule has 11 nitrogen and oxygen atoms in total. The molecule has 11 heteroatoms. The molecule has 3 amide bonds. The molecule has 2 atom stereocenters. The molecule has 0 saturated heterocycles. The van der Waals surface area contributed by atoms with Crippen LogP contribution in [0.4, 0.5) is 4.79 Å². The van der Waals surface area contributed by atoms with Crippen LogP contribution in [0.15, 0.2) is 78.9 Å². The van der Waals surface area contributed by atoms with Crippen LogP contribution in [0.2, 0.25) is 0 Å². The summed E-state index contributed by atoms with van der Waals surface area (Å²) in [5.41, 5.74) is 3.49. The van der Waals surface area contributed by atoms with Crippen LogP contribution in [0, 0.1) is 6.92 Å². The molecular formula is C33H40N4O7. The zero-order valence-corrected chi connectivity index (χ0v) is 25.0. The van der Waals surface area contributed by atoms with Gasteiger partial charge in [0.25, 0.3) is 0 Å². The molecule has 3 aromatic rings. The van der Waals surface area contributed by atoms with Crippen molar-refractivity contribution in [2.24, 2.45) is 0 Å². The Hall–Kier alpha value is -4.90. The number of hydrogen-bond acceptors (Lipinski definition) is 7. The molecule has 5 N–H and O–H groups in total. The molecule has 0 aliphatic rings.